The molecule has 1 atom stereocenters. The predicted molar refractivity (Wildman–Crippen MR) is 62.2 cm³/mol. The molecule has 2 nitrogen and oxygen atoms in total. The van der Waals surface area contributed by atoms with Gasteiger partial charge in [0.05, 0.1) is 0 Å². The lowest BCUT2D eigenvalue weighted by Crippen LogP contribution is -2.28. The first kappa shape index (κ1) is 12.0. The molecule has 1 fully saturated rings. The maximum atomic E-state index is 5.54. The lowest BCUT2D eigenvalue weighted by atomic mass is 9.74. The highest BCUT2D eigenvalue weighted by atomic mass is 14.9. The summed E-state index contributed by atoms with van der Waals surface area (Å²) in [5.41, 5.74) is 5.54. The summed E-state index contributed by atoms with van der Waals surface area (Å²) in [7, 11) is 0. The summed E-state index contributed by atoms with van der Waals surface area (Å²) in [6.07, 6.45) is 5.71. The Bertz CT molecular complexity index is 141. The van der Waals surface area contributed by atoms with Crippen molar-refractivity contribution in [3.05, 3.63) is 0 Å². The Morgan fingerprint density at radius 2 is 2.14 bits per heavy atom. The molecule has 0 aliphatic heterocycles. The first-order valence-corrected chi connectivity index (χ1v) is 6.13. The van der Waals surface area contributed by atoms with E-state index in [1.807, 2.05) is 0 Å². The first-order chi connectivity index (χ1) is 6.72. The summed E-state index contributed by atoms with van der Waals surface area (Å²) in [5.74, 6) is 2.67. The molecule has 1 aliphatic rings. The maximum Gasteiger partial charge on any atom is -0.00111 e. The fraction of sp³-hybridized carbons (Fsp3) is 1.00. The zero-order valence-corrected chi connectivity index (χ0v) is 9.76. The van der Waals surface area contributed by atoms with Crippen LogP contribution in [0.15, 0.2) is 0 Å². The van der Waals surface area contributed by atoms with Crippen LogP contribution in [-0.2, 0) is 0 Å². The van der Waals surface area contributed by atoms with Crippen molar-refractivity contribution in [3.8, 4) is 0 Å². The molecule has 0 aromatic heterocycles. The van der Waals surface area contributed by atoms with Crippen molar-refractivity contribution in [1.29, 1.82) is 0 Å². The largest absolute Gasteiger partial charge is 0.330 e. The minimum absolute atomic E-state index is 0.624. The molecule has 0 heterocycles. The van der Waals surface area contributed by atoms with Crippen LogP contribution in [0.2, 0.25) is 0 Å². The standard InChI is InChI=1S/C12H26N2/c1-10-6-12(7-10)4-3-5-14-9-11(2)8-13/h10-12,14H,3-9,13H2,1-2H3. The lowest BCUT2D eigenvalue weighted by molar-refractivity contribution is 0.196. The molecule has 0 saturated heterocycles. The van der Waals surface area contributed by atoms with Crippen LogP contribution in [0.3, 0.4) is 0 Å². The summed E-state index contributed by atoms with van der Waals surface area (Å²) >= 11 is 0. The van der Waals surface area contributed by atoms with E-state index in [4.69, 9.17) is 5.73 Å². The van der Waals surface area contributed by atoms with Crippen LogP contribution in [0.4, 0.5) is 0 Å². The van der Waals surface area contributed by atoms with Crippen molar-refractivity contribution < 1.29 is 0 Å². The molecule has 0 radical (unpaired) electrons. The van der Waals surface area contributed by atoms with E-state index < -0.39 is 0 Å². The summed E-state index contributed by atoms with van der Waals surface area (Å²) < 4.78 is 0. The van der Waals surface area contributed by atoms with Gasteiger partial charge in [0.2, 0.25) is 0 Å². The van der Waals surface area contributed by atoms with Crippen LogP contribution < -0.4 is 11.1 Å². The molecule has 2 heteroatoms. The number of hydrogen-bond acceptors (Lipinski definition) is 2. The van der Waals surface area contributed by atoms with Crippen molar-refractivity contribution in [1.82, 2.24) is 5.32 Å². The van der Waals surface area contributed by atoms with Gasteiger partial charge in [0, 0.05) is 0 Å². The summed E-state index contributed by atoms with van der Waals surface area (Å²) in [6.45, 7) is 7.61. The number of rotatable bonds is 7. The van der Waals surface area contributed by atoms with E-state index in [9.17, 15) is 0 Å². The van der Waals surface area contributed by atoms with Gasteiger partial charge in [0.25, 0.3) is 0 Å². The second kappa shape index (κ2) is 6.41. The molecule has 3 N–H and O–H groups in total. The van der Waals surface area contributed by atoms with Crippen LogP contribution in [0, 0.1) is 17.8 Å². The first-order valence-electron chi connectivity index (χ1n) is 6.13. The van der Waals surface area contributed by atoms with E-state index in [1.165, 1.54) is 32.2 Å². The third kappa shape index (κ3) is 4.43. The molecule has 1 saturated carbocycles. The smallest absolute Gasteiger partial charge is 0.00111 e. The molecule has 0 spiro atoms. The fourth-order valence-corrected chi connectivity index (χ4v) is 2.25. The Hall–Kier alpha value is -0.0800. The number of hydrogen-bond donors (Lipinski definition) is 2. The van der Waals surface area contributed by atoms with Crippen molar-refractivity contribution in [3.63, 3.8) is 0 Å². The highest BCUT2D eigenvalue weighted by Crippen LogP contribution is 2.35. The van der Waals surface area contributed by atoms with Gasteiger partial charge in [-0.05, 0) is 63.1 Å². The summed E-state index contributed by atoms with van der Waals surface area (Å²) in [5, 5.41) is 3.47. The molecule has 1 aliphatic carbocycles. The van der Waals surface area contributed by atoms with Crippen molar-refractivity contribution in [2.45, 2.75) is 39.5 Å². The Balaban J connectivity index is 1.80. The zero-order valence-electron chi connectivity index (χ0n) is 9.76. The van der Waals surface area contributed by atoms with Gasteiger partial charge in [-0.25, -0.2) is 0 Å². The molecule has 1 unspecified atom stereocenters. The van der Waals surface area contributed by atoms with Crippen molar-refractivity contribution in [2.75, 3.05) is 19.6 Å². The Kier molecular flexibility index (Phi) is 5.49. The van der Waals surface area contributed by atoms with Crippen LogP contribution >= 0.6 is 0 Å². The number of nitrogens with one attached hydrogen (secondary N) is 1. The number of nitrogens with two attached hydrogens (primary N) is 1. The molecule has 0 aromatic carbocycles. The molecular weight excluding hydrogens is 172 g/mol. The van der Waals surface area contributed by atoms with Gasteiger partial charge in [0.1, 0.15) is 0 Å². The van der Waals surface area contributed by atoms with Gasteiger partial charge in [-0.15, -0.1) is 0 Å². The molecule has 0 amide bonds. The molecular formula is C12H26N2. The van der Waals surface area contributed by atoms with Crippen LogP contribution in [-0.4, -0.2) is 19.6 Å². The minimum Gasteiger partial charge on any atom is -0.330 e. The third-order valence-electron chi connectivity index (χ3n) is 3.33. The summed E-state index contributed by atoms with van der Waals surface area (Å²) in [4.78, 5) is 0. The molecule has 1 rings (SSSR count). The second-order valence-electron chi connectivity index (χ2n) is 5.13. The highest BCUT2D eigenvalue weighted by Gasteiger charge is 2.24. The van der Waals surface area contributed by atoms with E-state index in [-0.39, 0.29) is 0 Å². The Morgan fingerprint density at radius 3 is 2.71 bits per heavy atom. The average molecular weight is 198 g/mol. The normalized spacial score (nSPS) is 28.5. The van der Waals surface area contributed by atoms with E-state index in [1.54, 1.807) is 0 Å². The van der Waals surface area contributed by atoms with Gasteiger partial charge >= 0.3 is 0 Å². The van der Waals surface area contributed by atoms with E-state index in [0.717, 1.165) is 24.9 Å². The predicted octanol–water partition coefficient (Wildman–Crippen LogP) is 2.00. The molecule has 84 valence electrons. The quantitative estimate of drug-likeness (QED) is 0.614. The monoisotopic (exact) mass is 198 g/mol. The van der Waals surface area contributed by atoms with Crippen LogP contribution in [0.1, 0.15) is 39.5 Å². The topological polar surface area (TPSA) is 38.0 Å². The van der Waals surface area contributed by atoms with E-state index in [2.05, 4.69) is 19.2 Å². The Labute approximate surface area is 88.6 Å². The molecule has 0 bridgehead atoms. The van der Waals surface area contributed by atoms with E-state index in [0.29, 0.717) is 5.92 Å². The van der Waals surface area contributed by atoms with Gasteiger partial charge in [-0.2, -0.15) is 0 Å². The second-order valence-corrected chi connectivity index (χ2v) is 5.13. The molecule has 14 heavy (non-hydrogen) atoms. The highest BCUT2D eigenvalue weighted by molar-refractivity contribution is 4.76. The lowest BCUT2D eigenvalue weighted by Gasteiger charge is -2.32. The van der Waals surface area contributed by atoms with Gasteiger partial charge < -0.3 is 11.1 Å². The van der Waals surface area contributed by atoms with Crippen LogP contribution in [0.5, 0.6) is 0 Å². The zero-order chi connectivity index (χ0) is 10.4. The van der Waals surface area contributed by atoms with Crippen molar-refractivity contribution >= 4 is 0 Å². The van der Waals surface area contributed by atoms with Crippen molar-refractivity contribution in [2.24, 2.45) is 23.5 Å². The third-order valence-corrected chi connectivity index (χ3v) is 3.33. The maximum absolute atomic E-state index is 5.54. The fourth-order valence-electron chi connectivity index (χ4n) is 2.25. The van der Waals surface area contributed by atoms with Gasteiger partial charge in [0.15, 0.2) is 0 Å². The Morgan fingerprint density at radius 1 is 1.43 bits per heavy atom. The SMILES string of the molecule is CC(CN)CNCCCC1CC(C)C1. The van der Waals surface area contributed by atoms with E-state index >= 15 is 0 Å². The average Bonchev–Trinajstić information content (AvgIpc) is 2.13. The van der Waals surface area contributed by atoms with Crippen LogP contribution in [0.25, 0.3) is 0 Å². The van der Waals surface area contributed by atoms with Gasteiger partial charge in [-0.1, -0.05) is 13.8 Å². The molecule has 0 aromatic rings. The minimum atomic E-state index is 0.624. The summed E-state index contributed by atoms with van der Waals surface area (Å²) in [6, 6.07) is 0. The van der Waals surface area contributed by atoms with Gasteiger partial charge in [-0.3, -0.25) is 0 Å².